The van der Waals surface area contributed by atoms with Crippen molar-refractivity contribution in [2.45, 2.75) is 20.4 Å². The van der Waals surface area contributed by atoms with Gasteiger partial charge in [-0.05, 0) is 30.2 Å². The molecule has 0 bridgehead atoms. The fourth-order valence-electron chi connectivity index (χ4n) is 1.38. The van der Waals surface area contributed by atoms with Gasteiger partial charge < -0.3 is 5.32 Å². The molecule has 1 N–H and O–H groups in total. The van der Waals surface area contributed by atoms with Gasteiger partial charge in [-0.3, -0.25) is 0 Å². The zero-order valence-corrected chi connectivity index (χ0v) is 8.43. The standard InChI is InChI=1S/C12H17N/c1-4-11-7-6-8-12(10(11)3)9-13-5-2/h4,6-8,13H,1,5,9H2,2-3H3. The van der Waals surface area contributed by atoms with E-state index in [1.54, 1.807) is 0 Å². The Morgan fingerprint density at radius 3 is 2.85 bits per heavy atom. The molecule has 0 aromatic heterocycles. The van der Waals surface area contributed by atoms with E-state index in [4.69, 9.17) is 0 Å². The summed E-state index contributed by atoms with van der Waals surface area (Å²) in [6, 6.07) is 6.33. The van der Waals surface area contributed by atoms with Gasteiger partial charge in [0.1, 0.15) is 0 Å². The Bertz CT molecular complexity index is 289. The Morgan fingerprint density at radius 1 is 1.46 bits per heavy atom. The van der Waals surface area contributed by atoms with Gasteiger partial charge >= 0.3 is 0 Å². The first-order chi connectivity index (χ1) is 6.29. The second-order valence-corrected chi connectivity index (χ2v) is 3.12. The molecule has 0 aliphatic carbocycles. The Morgan fingerprint density at radius 2 is 2.23 bits per heavy atom. The molecular formula is C12H17N. The van der Waals surface area contributed by atoms with Crippen LogP contribution in [0, 0.1) is 6.92 Å². The van der Waals surface area contributed by atoms with Crippen molar-refractivity contribution < 1.29 is 0 Å². The lowest BCUT2D eigenvalue weighted by Crippen LogP contribution is -2.12. The molecular weight excluding hydrogens is 158 g/mol. The van der Waals surface area contributed by atoms with Crippen LogP contribution in [0.2, 0.25) is 0 Å². The maximum atomic E-state index is 3.79. The van der Waals surface area contributed by atoms with E-state index in [0.717, 1.165) is 13.1 Å². The van der Waals surface area contributed by atoms with E-state index >= 15 is 0 Å². The van der Waals surface area contributed by atoms with Crippen molar-refractivity contribution in [1.29, 1.82) is 0 Å². The molecule has 0 radical (unpaired) electrons. The number of rotatable bonds is 4. The number of hydrogen-bond acceptors (Lipinski definition) is 1. The van der Waals surface area contributed by atoms with E-state index in [1.807, 2.05) is 6.08 Å². The highest BCUT2D eigenvalue weighted by atomic mass is 14.8. The molecule has 0 fully saturated rings. The molecule has 1 rings (SSSR count). The predicted octanol–water partition coefficient (Wildman–Crippen LogP) is 2.75. The summed E-state index contributed by atoms with van der Waals surface area (Å²) in [6.45, 7) is 10.0. The predicted molar refractivity (Wildman–Crippen MR) is 58.7 cm³/mol. The van der Waals surface area contributed by atoms with Gasteiger partial charge in [0.25, 0.3) is 0 Å². The quantitative estimate of drug-likeness (QED) is 0.742. The van der Waals surface area contributed by atoms with Gasteiger partial charge in [-0.1, -0.05) is 37.8 Å². The minimum atomic E-state index is 0.948. The fraction of sp³-hybridized carbons (Fsp3) is 0.333. The number of nitrogens with one attached hydrogen (secondary N) is 1. The second kappa shape index (κ2) is 4.83. The lowest BCUT2D eigenvalue weighted by Gasteiger charge is -2.08. The van der Waals surface area contributed by atoms with E-state index in [1.165, 1.54) is 16.7 Å². The lowest BCUT2D eigenvalue weighted by atomic mass is 10.0. The monoisotopic (exact) mass is 175 g/mol. The summed E-state index contributed by atoms with van der Waals surface area (Å²) in [5.41, 5.74) is 3.92. The van der Waals surface area contributed by atoms with E-state index in [-0.39, 0.29) is 0 Å². The van der Waals surface area contributed by atoms with Crippen LogP contribution < -0.4 is 5.32 Å². The summed E-state index contributed by atoms with van der Waals surface area (Å²) in [4.78, 5) is 0. The molecule has 1 nitrogen and oxygen atoms in total. The first-order valence-corrected chi connectivity index (χ1v) is 4.71. The van der Waals surface area contributed by atoms with Crippen LogP contribution in [0.4, 0.5) is 0 Å². The van der Waals surface area contributed by atoms with E-state index < -0.39 is 0 Å². The summed E-state index contributed by atoms with van der Waals surface area (Å²) in [6.07, 6.45) is 1.91. The summed E-state index contributed by atoms with van der Waals surface area (Å²) in [5, 5.41) is 3.32. The molecule has 0 heterocycles. The smallest absolute Gasteiger partial charge is 0.0208 e. The first kappa shape index (κ1) is 10.0. The topological polar surface area (TPSA) is 12.0 Å². The van der Waals surface area contributed by atoms with Crippen molar-refractivity contribution >= 4 is 6.08 Å². The molecule has 70 valence electrons. The van der Waals surface area contributed by atoms with Crippen LogP contribution in [-0.4, -0.2) is 6.54 Å². The van der Waals surface area contributed by atoms with Gasteiger partial charge in [0.15, 0.2) is 0 Å². The molecule has 1 heteroatoms. The Balaban J connectivity index is 2.87. The van der Waals surface area contributed by atoms with Crippen LogP contribution >= 0.6 is 0 Å². The van der Waals surface area contributed by atoms with Crippen molar-refractivity contribution in [2.24, 2.45) is 0 Å². The highest BCUT2D eigenvalue weighted by molar-refractivity contribution is 5.53. The van der Waals surface area contributed by atoms with Crippen molar-refractivity contribution in [3.8, 4) is 0 Å². The highest BCUT2D eigenvalue weighted by Gasteiger charge is 1.99. The minimum absolute atomic E-state index is 0.948. The van der Waals surface area contributed by atoms with Crippen LogP contribution in [-0.2, 0) is 6.54 Å². The molecule has 1 aromatic carbocycles. The van der Waals surface area contributed by atoms with E-state index in [2.05, 4.69) is 43.9 Å². The van der Waals surface area contributed by atoms with Crippen molar-refractivity contribution in [3.63, 3.8) is 0 Å². The Hall–Kier alpha value is -1.08. The van der Waals surface area contributed by atoms with Crippen LogP contribution in [0.15, 0.2) is 24.8 Å². The van der Waals surface area contributed by atoms with Crippen LogP contribution in [0.1, 0.15) is 23.6 Å². The third-order valence-electron chi connectivity index (χ3n) is 2.27. The molecule has 0 atom stereocenters. The van der Waals surface area contributed by atoms with E-state index in [0.29, 0.717) is 0 Å². The molecule has 0 unspecified atom stereocenters. The van der Waals surface area contributed by atoms with Gasteiger partial charge in [-0.25, -0.2) is 0 Å². The third kappa shape index (κ3) is 2.43. The second-order valence-electron chi connectivity index (χ2n) is 3.12. The molecule has 0 saturated heterocycles. The normalized spacial score (nSPS) is 10.0. The molecule has 0 aliphatic rings. The average molecular weight is 175 g/mol. The number of hydrogen-bond donors (Lipinski definition) is 1. The van der Waals surface area contributed by atoms with Gasteiger partial charge in [0.05, 0.1) is 0 Å². The summed E-state index contributed by atoms with van der Waals surface area (Å²) in [7, 11) is 0. The third-order valence-corrected chi connectivity index (χ3v) is 2.27. The van der Waals surface area contributed by atoms with Crippen molar-refractivity contribution in [1.82, 2.24) is 5.32 Å². The molecule has 0 saturated carbocycles. The number of benzene rings is 1. The highest BCUT2D eigenvalue weighted by Crippen LogP contribution is 2.14. The van der Waals surface area contributed by atoms with Crippen molar-refractivity contribution in [3.05, 3.63) is 41.5 Å². The van der Waals surface area contributed by atoms with Gasteiger partial charge in [-0.2, -0.15) is 0 Å². The largest absolute Gasteiger partial charge is 0.313 e. The minimum Gasteiger partial charge on any atom is -0.313 e. The van der Waals surface area contributed by atoms with E-state index in [9.17, 15) is 0 Å². The Labute approximate surface area is 80.5 Å². The van der Waals surface area contributed by atoms with Crippen LogP contribution in [0.3, 0.4) is 0 Å². The van der Waals surface area contributed by atoms with Crippen molar-refractivity contribution in [2.75, 3.05) is 6.54 Å². The Kier molecular flexibility index (Phi) is 3.71. The molecule has 0 aliphatic heterocycles. The summed E-state index contributed by atoms with van der Waals surface area (Å²) >= 11 is 0. The summed E-state index contributed by atoms with van der Waals surface area (Å²) < 4.78 is 0. The van der Waals surface area contributed by atoms with Crippen LogP contribution in [0.5, 0.6) is 0 Å². The van der Waals surface area contributed by atoms with Gasteiger partial charge in [0, 0.05) is 6.54 Å². The molecule has 1 aromatic rings. The zero-order valence-electron chi connectivity index (χ0n) is 8.43. The first-order valence-electron chi connectivity index (χ1n) is 4.71. The van der Waals surface area contributed by atoms with Gasteiger partial charge in [0.2, 0.25) is 0 Å². The molecule has 13 heavy (non-hydrogen) atoms. The van der Waals surface area contributed by atoms with Crippen LogP contribution in [0.25, 0.3) is 6.08 Å². The SMILES string of the molecule is C=Cc1cccc(CNCC)c1C. The maximum Gasteiger partial charge on any atom is 0.0208 e. The maximum absolute atomic E-state index is 3.79. The molecule has 0 spiro atoms. The summed E-state index contributed by atoms with van der Waals surface area (Å²) in [5.74, 6) is 0. The molecule has 0 amide bonds. The lowest BCUT2D eigenvalue weighted by molar-refractivity contribution is 0.723. The zero-order chi connectivity index (χ0) is 9.68. The van der Waals surface area contributed by atoms with Gasteiger partial charge in [-0.15, -0.1) is 0 Å². The fourth-order valence-corrected chi connectivity index (χ4v) is 1.38. The average Bonchev–Trinajstić information content (AvgIpc) is 2.16.